The first kappa shape index (κ1) is 16.0. The van der Waals surface area contributed by atoms with Crippen LogP contribution >= 0.6 is 15.9 Å². The van der Waals surface area contributed by atoms with Gasteiger partial charge in [0.2, 0.25) is 5.95 Å². The number of methoxy groups -OCH3 is 1. The first-order chi connectivity index (χ1) is 10.0. The Morgan fingerprint density at radius 1 is 1.38 bits per heavy atom. The minimum Gasteiger partial charge on any atom is -0.385 e. The van der Waals surface area contributed by atoms with E-state index in [1.807, 2.05) is 24.6 Å². The summed E-state index contributed by atoms with van der Waals surface area (Å²) in [5, 5.41) is 3.27. The van der Waals surface area contributed by atoms with E-state index < -0.39 is 0 Å². The Morgan fingerprint density at radius 2 is 2.14 bits per heavy atom. The minimum absolute atomic E-state index is 0.285. The van der Waals surface area contributed by atoms with Crippen LogP contribution in [-0.2, 0) is 4.74 Å². The first-order valence-corrected chi connectivity index (χ1v) is 7.57. The van der Waals surface area contributed by atoms with E-state index in [1.165, 1.54) is 6.07 Å². The second-order valence-corrected chi connectivity index (χ2v) is 5.76. The van der Waals surface area contributed by atoms with Crippen molar-refractivity contribution in [3.8, 4) is 5.69 Å². The number of benzene rings is 1. The van der Waals surface area contributed by atoms with Crippen LogP contribution in [0.25, 0.3) is 5.69 Å². The van der Waals surface area contributed by atoms with Crippen LogP contribution in [0.2, 0.25) is 0 Å². The van der Waals surface area contributed by atoms with Gasteiger partial charge in [0, 0.05) is 26.5 Å². The SMILES string of the molecule is COCCCNc1nc(C)cn1-c1cc(F)c(Br)cc1C. The predicted octanol–water partition coefficient (Wildman–Crippen LogP) is 3.84. The van der Waals surface area contributed by atoms with Crippen molar-refractivity contribution in [1.82, 2.24) is 9.55 Å². The Hall–Kier alpha value is -1.40. The highest BCUT2D eigenvalue weighted by atomic mass is 79.9. The molecule has 1 aromatic heterocycles. The van der Waals surface area contributed by atoms with Crippen molar-refractivity contribution in [2.75, 3.05) is 25.6 Å². The molecule has 1 N–H and O–H groups in total. The van der Waals surface area contributed by atoms with Crippen molar-refractivity contribution < 1.29 is 9.13 Å². The molecule has 0 fully saturated rings. The third-order valence-electron chi connectivity index (χ3n) is 3.13. The highest BCUT2D eigenvalue weighted by Crippen LogP contribution is 2.25. The van der Waals surface area contributed by atoms with Gasteiger partial charge in [-0.3, -0.25) is 4.57 Å². The molecular formula is C15H19BrFN3O. The third-order valence-corrected chi connectivity index (χ3v) is 3.74. The maximum absolute atomic E-state index is 13.8. The van der Waals surface area contributed by atoms with Crippen molar-refractivity contribution >= 4 is 21.9 Å². The van der Waals surface area contributed by atoms with Gasteiger partial charge in [0.1, 0.15) is 5.82 Å². The summed E-state index contributed by atoms with van der Waals surface area (Å²) in [5.41, 5.74) is 2.64. The van der Waals surface area contributed by atoms with Gasteiger partial charge < -0.3 is 10.1 Å². The summed E-state index contributed by atoms with van der Waals surface area (Å²) in [6.07, 6.45) is 2.78. The maximum Gasteiger partial charge on any atom is 0.207 e. The lowest BCUT2D eigenvalue weighted by molar-refractivity contribution is 0.197. The maximum atomic E-state index is 13.8. The highest BCUT2D eigenvalue weighted by Gasteiger charge is 2.12. The molecule has 2 rings (SSSR count). The zero-order valence-electron chi connectivity index (χ0n) is 12.4. The summed E-state index contributed by atoms with van der Waals surface area (Å²) in [7, 11) is 1.68. The van der Waals surface area contributed by atoms with Crippen LogP contribution in [0.5, 0.6) is 0 Å². The van der Waals surface area contributed by atoms with Gasteiger partial charge in [-0.25, -0.2) is 9.37 Å². The van der Waals surface area contributed by atoms with Crippen molar-refractivity contribution in [3.05, 3.63) is 39.9 Å². The predicted molar refractivity (Wildman–Crippen MR) is 85.7 cm³/mol. The summed E-state index contributed by atoms with van der Waals surface area (Å²) < 4.78 is 21.2. The van der Waals surface area contributed by atoms with Gasteiger partial charge in [0.05, 0.1) is 15.9 Å². The average Bonchev–Trinajstić information content (AvgIpc) is 2.80. The monoisotopic (exact) mass is 355 g/mol. The number of hydrogen-bond donors (Lipinski definition) is 1. The van der Waals surface area contributed by atoms with Gasteiger partial charge in [-0.05, 0) is 53.9 Å². The standard InChI is InChI=1S/C15H19BrFN3O/c1-10-7-12(16)13(17)8-14(10)20-9-11(2)19-15(20)18-5-4-6-21-3/h7-9H,4-6H2,1-3H3,(H,18,19). The Labute approximate surface area is 132 Å². The van der Waals surface area contributed by atoms with E-state index in [0.717, 1.165) is 29.9 Å². The Kier molecular flexibility index (Phi) is 5.36. The molecule has 114 valence electrons. The number of rotatable bonds is 6. The molecule has 0 aliphatic heterocycles. The minimum atomic E-state index is -0.285. The number of aromatic nitrogens is 2. The normalized spacial score (nSPS) is 10.9. The fraction of sp³-hybridized carbons (Fsp3) is 0.400. The van der Waals surface area contributed by atoms with Crippen LogP contribution in [-0.4, -0.2) is 29.8 Å². The number of halogens is 2. The lowest BCUT2D eigenvalue weighted by atomic mass is 10.2. The molecule has 0 amide bonds. The molecule has 0 radical (unpaired) electrons. The van der Waals surface area contributed by atoms with Crippen molar-refractivity contribution in [3.63, 3.8) is 0 Å². The second kappa shape index (κ2) is 7.04. The summed E-state index contributed by atoms with van der Waals surface area (Å²) >= 11 is 3.21. The molecular weight excluding hydrogens is 337 g/mol. The molecule has 2 aromatic rings. The van der Waals surface area contributed by atoms with Crippen LogP contribution in [0.1, 0.15) is 17.7 Å². The highest BCUT2D eigenvalue weighted by molar-refractivity contribution is 9.10. The molecule has 4 nitrogen and oxygen atoms in total. The second-order valence-electron chi connectivity index (χ2n) is 4.90. The number of imidazole rings is 1. The largest absolute Gasteiger partial charge is 0.385 e. The zero-order valence-corrected chi connectivity index (χ0v) is 14.0. The summed E-state index contributed by atoms with van der Waals surface area (Å²) in [5.74, 6) is 0.431. The number of nitrogens with one attached hydrogen (secondary N) is 1. The molecule has 0 saturated heterocycles. The van der Waals surface area contributed by atoms with E-state index in [2.05, 4.69) is 26.2 Å². The van der Waals surface area contributed by atoms with E-state index in [4.69, 9.17) is 4.74 Å². The summed E-state index contributed by atoms with van der Waals surface area (Å²) in [6, 6.07) is 3.29. The van der Waals surface area contributed by atoms with Gasteiger partial charge in [0.15, 0.2) is 0 Å². The molecule has 1 aromatic carbocycles. The van der Waals surface area contributed by atoms with E-state index in [-0.39, 0.29) is 5.82 Å². The average molecular weight is 356 g/mol. The molecule has 0 aliphatic rings. The van der Waals surface area contributed by atoms with Crippen molar-refractivity contribution in [1.29, 1.82) is 0 Å². The molecule has 1 heterocycles. The third kappa shape index (κ3) is 3.83. The smallest absolute Gasteiger partial charge is 0.207 e. The lowest BCUT2D eigenvalue weighted by Crippen LogP contribution is -2.10. The topological polar surface area (TPSA) is 39.1 Å². The van der Waals surface area contributed by atoms with E-state index in [9.17, 15) is 4.39 Å². The zero-order chi connectivity index (χ0) is 15.4. The van der Waals surface area contributed by atoms with Crippen molar-refractivity contribution in [2.24, 2.45) is 0 Å². The molecule has 0 spiro atoms. The van der Waals surface area contributed by atoms with Crippen LogP contribution in [0.15, 0.2) is 22.8 Å². The van der Waals surface area contributed by atoms with Crippen LogP contribution in [0.4, 0.5) is 10.3 Å². The van der Waals surface area contributed by atoms with E-state index in [1.54, 1.807) is 13.2 Å². The summed E-state index contributed by atoms with van der Waals surface area (Å²) in [6.45, 7) is 5.31. The number of anilines is 1. The van der Waals surface area contributed by atoms with E-state index >= 15 is 0 Å². The first-order valence-electron chi connectivity index (χ1n) is 6.77. The Morgan fingerprint density at radius 3 is 2.86 bits per heavy atom. The number of ether oxygens (including phenoxy) is 1. The number of nitrogens with zero attached hydrogens (tertiary/aromatic N) is 2. The number of hydrogen-bond acceptors (Lipinski definition) is 3. The van der Waals surface area contributed by atoms with E-state index in [0.29, 0.717) is 17.0 Å². The molecule has 6 heteroatoms. The van der Waals surface area contributed by atoms with Gasteiger partial charge in [-0.2, -0.15) is 0 Å². The molecule has 21 heavy (non-hydrogen) atoms. The lowest BCUT2D eigenvalue weighted by Gasteiger charge is -2.13. The Balaban J connectivity index is 2.29. The molecule has 0 atom stereocenters. The summed E-state index contributed by atoms with van der Waals surface area (Å²) in [4.78, 5) is 4.45. The van der Waals surface area contributed by atoms with Gasteiger partial charge >= 0.3 is 0 Å². The van der Waals surface area contributed by atoms with Gasteiger partial charge in [0.25, 0.3) is 0 Å². The molecule has 0 aliphatic carbocycles. The quantitative estimate of drug-likeness (QED) is 0.800. The fourth-order valence-electron chi connectivity index (χ4n) is 2.12. The Bertz CT molecular complexity index is 628. The van der Waals surface area contributed by atoms with Gasteiger partial charge in [-0.15, -0.1) is 0 Å². The van der Waals surface area contributed by atoms with Crippen LogP contribution in [0, 0.1) is 19.7 Å². The number of aryl methyl sites for hydroxylation is 2. The van der Waals surface area contributed by atoms with Crippen LogP contribution < -0.4 is 5.32 Å². The molecule has 0 unspecified atom stereocenters. The van der Waals surface area contributed by atoms with Gasteiger partial charge in [-0.1, -0.05) is 0 Å². The van der Waals surface area contributed by atoms with Crippen LogP contribution in [0.3, 0.4) is 0 Å². The molecule has 0 bridgehead atoms. The fourth-order valence-corrected chi connectivity index (χ4v) is 2.58. The van der Waals surface area contributed by atoms with Crippen molar-refractivity contribution in [2.45, 2.75) is 20.3 Å². The molecule has 0 saturated carbocycles.